The summed E-state index contributed by atoms with van der Waals surface area (Å²) < 4.78 is 0. The van der Waals surface area contributed by atoms with E-state index >= 15 is 0 Å². The number of aromatic nitrogens is 1. The Labute approximate surface area is 173 Å². The predicted molar refractivity (Wildman–Crippen MR) is 117 cm³/mol. The van der Waals surface area contributed by atoms with Crippen molar-refractivity contribution in [2.24, 2.45) is 0 Å². The molecule has 0 fully saturated rings. The number of hydrogen-bond donors (Lipinski definition) is 2. The van der Waals surface area contributed by atoms with E-state index in [1.807, 2.05) is 31.2 Å². The van der Waals surface area contributed by atoms with Crippen molar-refractivity contribution in [1.29, 1.82) is 0 Å². The summed E-state index contributed by atoms with van der Waals surface area (Å²) in [6.07, 6.45) is 0. The van der Waals surface area contributed by atoms with Crippen molar-refractivity contribution in [1.82, 2.24) is 9.88 Å². The molecule has 0 radical (unpaired) electrons. The second-order valence-electron chi connectivity index (χ2n) is 6.70. The Morgan fingerprint density at radius 3 is 2.45 bits per heavy atom. The van der Waals surface area contributed by atoms with Gasteiger partial charge in [-0.15, -0.1) is 0 Å². The second-order valence-corrected chi connectivity index (χ2v) is 7.69. The second kappa shape index (κ2) is 8.79. The Morgan fingerprint density at radius 1 is 1.00 bits per heavy atom. The van der Waals surface area contributed by atoms with Crippen LogP contribution in [0.25, 0.3) is 11.3 Å². The van der Waals surface area contributed by atoms with Crippen molar-refractivity contribution in [3.63, 3.8) is 0 Å². The van der Waals surface area contributed by atoms with E-state index in [0.29, 0.717) is 16.3 Å². The van der Waals surface area contributed by atoms with Gasteiger partial charge in [0.25, 0.3) is 16.7 Å². The number of pyridine rings is 1. The standard InChI is InChI=1S/C22H21N3O3S/c1-14-7-6-8-15(13-14)17-12-11-16(20(26)23-17)21(27)24-18-9-4-5-10-19(18)29-22(28)25(2)3/h4-13H,1-3H3,(H,23,26)(H,24,27). The van der Waals surface area contributed by atoms with Gasteiger partial charge in [0.2, 0.25) is 0 Å². The molecule has 148 valence electrons. The Kier molecular flexibility index (Phi) is 6.19. The number of rotatable bonds is 4. The molecular formula is C22H21N3O3S. The first-order valence-electron chi connectivity index (χ1n) is 8.95. The van der Waals surface area contributed by atoms with Crippen LogP contribution >= 0.6 is 11.8 Å². The van der Waals surface area contributed by atoms with Crippen molar-refractivity contribution < 1.29 is 9.59 Å². The Balaban J connectivity index is 1.83. The molecule has 0 aliphatic rings. The third-order valence-electron chi connectivity index (χ3n) is 4.18. The maximum atomic E-state index is 12.7. The summed E-state index contributed by atoms with van der Waals surface area (Å²) in [6, 6.07) is 17.9. The molecular weight excluding hydrogens is 386 g/mol. The van der Waals surface area contributed by atoms with Crippen molar-refractivity contribution in [2.75, 3.05) is 19.4 Å². The zero-order valence-electron chi connectivity index (χ0n) is 16.4. The van der Waals surface area contributed by atoms with Gasteiger partial charge in [0.05, 0.1) is 5.69 Å². The molecule has 0 atom stereocenters. The predicted octanol–water partition coefficient (Wildman–Crippen LogP) is 4.38. The molecule has 2 N–H and O–H groups in total. The highest BCUT2D eigenvalue weighted by molar-refractivity contribution is 8.13. The molecule has 1 aromatic heterocycles. The summed E-state index contributed by atoms with van der Waals surface area (Å²) >= 11 is 1.01. The van der Waals surface area contributed by atoms with Gasteiger partial charge in [-0.2, -0.15) is 0 Å². The lowest BCUT2D eigenvalue weighted by Gasteiger charge is -2.13. The molecule has 0 saturated heterocycles. The van der Waals surface area contributed by atoms with Gasteiger partial charge in [-0.25, -0.2) is 0 Å². The average Bonchev–Trinajstić information content (AvgIpc) is 2.69. The van der Waals surface area contributed by atoms with E-state index in [1.165, 1.54) is 11.0 Å². The zero-order chi connectivity index (χ0) is 21.0. The number of nitrogens with zero attached hydrogens (tertiary/aromatic N) is 1. The minimum Gasteiger partial charge on any atom is -0.339 e. The fourth-order valence-electron chi connectivity index (χ4n) is 2.67. The topological polar surface area (TPSA) is 82.3 Å². The third-order valence-corrected chi connectivity index (χ3v) is 5.30. The monoisotopic (exact) mass is 407 g/mol. The zero-order valence-corrected chi connectivity index (χ0v) is 17.2. The molecule has 3 rings (SSSR count). The molecule has 0 unspecified atom stereocenters. The molecule has 2 amide bonds. The van der Waals surface area contributed by atoms with Crippen LogP contribution in [0.15, 0.2) is 70.4 Å². The number of aryl methyl sites for hydroxylation is 1. The Morgan fingerprint density at radius 2 is 1.76 bits per heavy atom. The average molecular weight is 407 g/mol. The summed E-state index contributed by atoms with van der Waals surface area (Å²) in [5.41, 5.74) is 2.59. The van der Waals surface area contributed by atoms with Crippen LogP contribution in [0.1, 0.15) is 15.9 Å². The highest BCUT2D eigenvalue weighted by atomic mass is 32.2. The van der Waals surface area contributed by atoms with E-state index in [4.69, 9.17) is 0 Å². The van der Waals surface area contributed by atoms with Gasteiger partial charge in [0.1, 0.15) is 5.56 Å². The molecule has 2 aromatic carbocycles. The highest BCUT2D eigenvalue weighted by Crippen LogP contribution is 2.29. The molecule has 7 heteroatoms. The number of para-hydroxylation sites is 1. The summed E-state index contributed by atoms with van der Waals surface area (Å²) in [7, 11) is 3.32. The third kappa shape index (κ3) is 4.94. The van der Waals surface area contributed by atoms with E-state index in [1.54, 1.807) is 44.4 Å². The molecule has 1 heterocycles. The minimum absolute atomic E-state index is 0.000132. The Bertz CT molecular complexity index is 1120. The van der Waals surface area contributed by atoms with Crippen LogP contribution in [0.5, 0.6) is 0 Å². The quantitative estimate of drug-likeness (QED) is 0.629. The fraction of sp³-hybridized carbons (Fsp3) is 0.136. The summed E-state index contributed by atoms with van der Waals surface area (Å²) in [5, 5.41) is 2.57. The van der Waals surface area contributed by atoms with Gasteiger partial charge in [0.15, 0.2) is 0 Å². The normalized spacial score (nSPS) is 10.4. The van der Waals surface area contributed by atoms with E-state index < -0.39 is 11.5 Å². The molecule has 29 heavy (non-hydrogen) atoms. The van der Waals surface area contributed by atoms with E-state index in [0.717, 1.165) is 22.9 Å². The van der Waals surface area contributed by atoms with Crippen molar-refractivity contribution in [2.45, 2.75) is 11.8 Å². The summed E-state index contributed by atoms with van der Waals surface area (Å²) in [4.78, 5) is 42.0. The van der Waals surface area contributed by atoms with E-state index in [9.17, 15) is 14.4 Å². The number of aromatic amines is 1. The lowest BCUT2D eigenvalue weighted by molar-refractivity contribution is 0.102. The largest absolute Gasteiger partial charge is 0.339 e. The maximum absolute atomic E-state index is 12.7. The van der Waals surface area contributed by atoms with Gasteiger partial charge >= 0.3 is 0 Å². The van der Waals surface area contributed by atoms with Crippen LogP contribution in [0.2, 0.25) is 0 Å². The number of benzene rings is 2. The number of carbonyl (C=O) groups excluding carboxylic acids is 2. The smallest absolute Gasteiger partial charge is 0.286 e. The van der Waals surface area contributed by atoms with Gasteiger partial charge in [-0.1, -0.05) is 35.9 Å². The van der Waals surface area contributed by atoms with Crippen LogP contribution in [0.3, 0.4) is 0 Å². The van der Waals surface area contributed by atoms with Crippen LogP contribution in [0.4, 0.5) is 10.5 Å². The number of anilines is 1. The fourth-order valence-corrected chi connectivity index (χ4v) is 3.41. The molecule has 0 bridgehead atoms. The van der Waals surface area contributed by atoms with E-state index in [2.05, 4.69) is 10.3 Å². The van der Waals surface area contributed by atoms with Gasteiger partial charge in [0, 0.05) is 24.7 Å². The highest BCUT2D eigenvalue weighted by Gasteiger charge is 2.16. The van der Waals surface area contributed by atoms with Crippen molar-refractivity contribution in [3.8, 4) is 11.3 Å². The first-order chi connectivity index (χ1) is 13.8. The first-order valence-corrected chi connectivity index (χ1v) is 9.76. The van der Waals surface area contributed by atoms with Gasteiger partial charge in [-0.3, -0.25) is 14.4 Å². The number of nitrogens with one attached hydrogen (secondary N) is 2. The molecule has 6 nitrogen and oxygen atoms in total. The van der Waals surface area contributed by atoms with Gasteiger partial charge < -0.3 is 15.2 Å². The lowest BCUT2D eigenvalue weighted by Crippen LogP contribution is -2.23. The lowest BCUT2D eigenvalue weighted by atomic mass is 10.1. The maximum Gasteiger partial charge on any atom is 0.286 e. The van der Waals surface area contributed by atoms with E-state index in [-0.39, 0.29) is 10.8 Å². The van der Waals surface area contributed by atoms with Crippen molar-refractivity contribution in [3.05, 3.63) is 82.1 Å². The number of hydrogen-bond acceptors (Lipinski definition) is 4. The van der Waals surface area contributed by atoms with Gasteiger partial charge in [-0.05, 0) is 54.6 Å². The molecule has 0 aliphatic carbocycles. The number of thioether (sulfide) groups is 1. The molecule has 0 spiro atoms. The summed E-state index contributed by atoms with van der Waals surface area (Å²) in [6.45, 7) is 1.97. The number of carbonyl (C=O) groups is 2. The number of H-pyrrole nitrogens is 1. The van der Waals surface area contributed by atoms with Crippen LogP contribution < -0.4 is 10.9 Å². The molecule has 0 aliphatic heterocycles. The minimum atomic E-state index is -0.535. The Hall–Kier alpha value is -3.32. The number of amides is 2. The molecule has 0 saturated carbocycles. The van der Waals surface area contributed by atoms with Crippen molar-refractivity contribution >= 4 is 28.6 Å². The van der Waals surface area contributed by atoms with Crippen LogP contribution in [-0.4, -0.2) is 35.1 Å². The first kappa shape index (κ1) is 20.4. The van der Waals surface area contributed by atoms with Crippen LogP contribution in [0, 0.1) is 6.92 Å². The molecule has 3 aromatic rings. The van der Waals surface area contributed by atoms with Crippen LogP contribution in [-0.2, 0) is 0 Å². The SMILES string of the molecule is Cc1cccc(-c2ccc(C(=O)Nc3ccccc3SC(=O)N(C)C)c(=O)[nH]2)c1. The summed E-state index contributed by atoms with van der Waals surface area (Å²) in [5.74, 6) is -0.535.